The highest BCUT2D eigenvalue weighted by molar-refractivity contribution is 14.0. The lowest BCUT2D eigenvalue weighted by atomic mass is 9.69. The van der Waals surface area contributed by atoms with Gasteiger partial charge in [0.2, 0.25) is 0 Å². The van der Waals surface area contributed by atoms with Crippen molar-refractivity contribution in [2.75, 3.05) is 7.05 Å². The summed E-state index contributed by atoms with van der Waals surface area (Å²) < 4.78 is 1.90. The van der Waals surface area contributed by atoms with Gasteiger partial charge in [0.1, 0.15) is 0 Å². The molecule has 130 valence electrons. The molecule has 3 atom stereocenters. The molecule has 1 heterocycles. The Balaban J connectivity index is 0.00000192. The van der Waals surface area contributed by atoms with Crippen LogP contribution in [0.3, 0.4) is 0 Å². The third-order valence-corrected chi connectivity index (χ3v) is 5.46. The average molecular weight is 431 g/mol. The second kappa shape index (κ2) is 8.89. The number of halogens is 1. The van der Waals surface area contributed by atoms with Crippen molar-refractivity contribution in [1.82, 2.24) is 20.4 Å². The van der Waals surface area contributed by atoms with E-state index in [0.29, 0.717) is 6.04 Å². The lowest BCUT2D eigenvalue weighted by Crippen LogP contribution is -2.46. The first-order valence-corrected chi connectivity index (χ1v) is 8.70. The molecule has 2 aliphatic carbocycles. The van der Waals surface area contributed by atoms with E-state index in [1.807, 2.05) is 31.0 Å². The molecule has 3 rings (SSSR count). The second-order valence-corrected chi connectivity index (χ2v) is 6.83. The van der Waals surface area contributed by atoms with Gasteiger partial charge in [0.15, 0.2) is 5.96 Å². The molecule has 0 aromatic carbocycles. The van der Waals surface area contributed by atoms with E-state index >= 15 is 0 Å². The van der Waals surface area contributed by atoms with Crippen molar-refractivity contribution in [3.8, 4) is 0 Å². The minimum Gasteiger partial charge on any atom is -0.354 e. The molecule has 0 spiro atoms. The largest absolute Gasteiger partial charge is 0.354 e. The van der Waals surface area contributed by atoms with E-state index in [1.54, 1.807) is 0 Å². The number of guanidine groups is 1. The summed E-state index contributed by atoms with van der Waals surface area (Å²) in [6, 6.07) is 2.62. The highest BCUT2D eigenvalue weighted by Crippen LogP contribution is 2.40. The number of aromatic nitrogens is 2. The fourth-order valence-corrected chi connectivity index (χ4v) is 4.14. The molecule has 3 unspecified atom stereocenters. The van der Waals surface area contributed by atoms with Crippen LogP contribution in [0.1, 0.15) is 50.6 Å². The summed E-state index contributed by atoms with van der Waals surface area (Å²) in [5.74, 6) is 2.85. The van der Waals surface area contributed by atoms with E-state index in [1.165, 1.54) is 50.6 Å². The average Bonchev–Trinajstić information content (AvgIpc) is 2.96. The van der Waals surface area contributed by atoms with Gasteiger partial charge in [-0.05, 0) is 37.2 Å². The van der Waals surface area contributed by atoms with Crippen molar-refractivity contribution in [3.05, 3.63) is 18.0 Å². The van der Waals surface area contributed by atoms with Crippen LogP contribution in [0, 0.1) is 11.8 Å². The molecule has 1 aromatic heterocycles. The van der Waals surface area contributed by atoms with Gasteiger partial charge in [-0.25, -0.2) is 0 Å². The number of hydrogen-bond donors (Lipinski definition) is 2. The molecule has 5 nitrogen and oxygen atoms in total. The molecule has 1 aromatic rings. The maximum atomic E-state index is 4.38. The van der Waals surface area contributed by atoms with Gasteiger partial charge in [0.05, 0.1) is 12.2 Å². The van der Waals surface area contributed by atoms with Gasteiger partial charge in [-0.15, -0.1) is 24.0 Å². The quantitative estimate of drug-likeness (QED) is 0.440. The smallest absolute Gasteiger partial charge is 0.191 e. The molecule has 2 fully saturated rings. The van der Waals surface area contributed by atoms with Gasteiger partial charge in [-0.3, -0.25) is 9.67 Å². The molecule has 6 heteroatoms. The molecule has 0 bridgehead atoms. The third kappa shape index (κ3) is 4.84. The van der Waals surface area contributed by atoms with Crippen LogP contribution in [0.2, 0.25) is 0 Å². The van der Waals surface area contributed by atoms with Gasteiger partial charge >= 0.3 is 0 Å². The molecule has 23 heavy (non-hydrogen) atoms. The summed E-state index contributed by atoms with van der Waals surface area (Å²) >= 11 is 0. The van der Waals surface area contributed by atoms with Gasteiger partial charge in [0, 0.05) is 26.3 Å². The SMILES string of the molecule is CN=C(NCc1ccnn1C)NC1CCC2CCCCC2C1.I. The normalized spacial score (nSPS) is 27.7. The van der Waals surface area contributed by atoms with Crippen molar-refractivity contribution < 1.29 is 0 Å². The van der Waals surface area contributed by atoms with Crippen molar-refractivity contribution >= 4 is 29.9 Å². The van der Waals surface area contributed by atoms with Crippen molar-refractivity contribution in [2.45, 2.75) is 57.5 Å². The number of hydrogen-bond acceptors (Lipinski definition) is 2. The molecule has 0 saturated heterocycles. The Morgan fingerprint density at radius 3 is 2.74 bits per heavy atom. The summed E-state index contributed by atoms with van der Waals surface area (Å²) in [6.07, 6.45) is 11.6. The highest BCUT2D eigenvalue weighted by atomic mass is 127. The minimum atomic E-state index is 0. The van der Waals surface area contributed by atoms with Crippen LogP contribution in [0.4, 0.5) is 0 Å². The van der Waals surface area contributed by atoms with Crippen LogP contribution in [0.15, 0.2) is 17.3 Å². The van der Waals surface area contributed by atoms with Gasteiger partial charge in [-0.1, -0.05) is 25.7 Å². The predicted molar refractivity (Wildman–Crippen MR) is 105 cm³/mol. The highest BCUT2D eigenvalue weighted by Gasteiger charge is 2.32. The van der Waals surface area contributed by atoms with Crippen LogP contribution in [0.5, 0.6) is 0 Å². The fraction of sp³-hybridized carbons (Fsp3) is 0.765. The molecule has 0 amide bonds. The summed E-state index contributed by atoms with van der Waals surface area (Å²) in [5, 5.41) is 11.2. The molecule has 0 aliphatic heterocycles. The molecule has 2 aliphatic rings. The standard InChI is InChI=1S/C17H29N5.HI/c1-18-17(19-12-16-9-10-20-22(16)2)21-15-8-7-13-5-3-4-6-14(13)11-15;/h9-10,13-15H,3-8,11-12H2,1-2H3,(H2,18,19,21);1H. The zero-order chi connectivity index (χ0) is 15.4. The first kappa shape index (κ1) is 18.5. The zero-order valence-corrected chi connectivity index (χ0v) is 16.6. The first-order chi connectivity index (χ1) is 10.8. The van der Waals surface area contributed by atoms with Crippen LogP contribution >= 0.6 is 24.0 Å². The predicted octanol–water partition coefficient (Wildman–Crippen LogP) is 3.06. The van der Waals surface area contributed by atoms with Crippen LogP contribution < -0.4 is 10.6 Å². The topological polar surface area (TPSA) is 54.2 Å². The Kier molecular flexibility index (Phi) is 7.17. The first-order valence-electron chi connectivity index (χ1n) is 8.70. The van der Waals surface area contributed by atoms with Crippen LogP contribution in [0.25, 0.3) is 0 Å². The van der Waals surface area contributed by atoms with Crippen LogP contribution in [-0.4, -0.2) is 28.8 Å². The molecule has 2 N–H and O–H groups in total. The lowest BCUT2D eigenvalue weighted by molar-refractivity contribution is 0.150. The summed E-state index contributed by atoms with van der Waals surface area (Å²) in [6.45, 7) is 0.759. The van der Waals surface area contributed by atoms with E-state index in [4.69, 9.17) is 0 Å². The zero-order valence-electron chi connectivity index (χ0n) is 14.3. The monoisotopic (exact) mass is 431 g/mol. The summed E-state index contributed by atoms with van der Waals surface area (Å²) in [7, 11) is 3.82. The number of aryl methyl sites for hydroxylation is 1. The number of nitrogens with zero attached hydrogens (tertiary/aromatic N) is 3. The number of aliphatic imine (C=N–C) groups is 1. The Morgan fingerprint density at radius 2 is 2.04 bits per heavy atom. The maximum absolute atomic E-state index is 4.38. The molecule has 2 saturated carbocycles. The number of nitrogens with one attached hydrogen (secondary N) is 2. The van der Waals surface area contributed by atoms with Crippen molar-refractivity contribution in [2.24, 2.45) is 23.9 Å². The number of rotatable bonds is 3. The lowest BCUT2D eigenvalue weighted by Gasteiger charge is -2.39. The summed E-state index contributed by atoms with van der Waals surface area (Å²) in [5.41, 5.74) is 1.17. The van der Waals surface area contributed by atoms with Gasteiger partial charge in [0.25, 0.3) is 0 Å². The molecular formula is C17H30IN5. The Hall–Kier alpha value is -0.790. The van der Waals surface area contributed by atoms with Crippen molar-refractivity contribution in [1.29, 1.82) is 0 Å². The van der Waals surface area contributed by atoms with Crippen LogP contribution in [-0.2, 0) is 13.6 Å². The van der Waals surface area contributed by atoms with E-state index in [0.717, 1.165) is 24.3 Å². The third-order valence-electron chi connectivity index (χ3n) is 5.46. The molecular weight excluding hydrogens is 401 g/mol. The maximum Gasteiger partial charge on any atom is 0.191 e. The fourth-order valence-electron chi connectivity index (χ4n) is 4.14. The van der Waals surface area contributed by atoms with E-state index in [2.05, 4.69) is 20.7 Å². The Morgan fingerprint density at radius 1 is 1.26 bits per heavy atom. The van der Waals surface area contributed by atoms with Gasteiger partial charge in [-0.2, -0.15) is 5.10 Å². The van der Waals surface area contributed by atoms with Gasteiger partial charge < -0.3 is 10.6 Å². The van der Waals surface area contributed by atoms with Crippen molar-refractivity contribution in [3.63, 3.8) is 0 Å². The van der Waals surface area contributed by atoms with E-state index < -0.39 is 0 Å². The minimum absolute atomic E-state index is 0. The molecule has 0 radical (unpaired) electrons. The van der Waals surface area contributed by atoms with E-state index in [9.17, 15) is 0 Å². The Bertz CT molecular complexity index is 513. The second-order valence-electron chi connectivity index (χ2n) is 6.83. The van der Waals surface area contributed by atoms with E-state index in [-0.39, 0.29) is 24.0 Å². The Labute approximate surface area is 156 Å². The summed E-state index contributed by atoms with van der Waals surface area (Å²) in [4.78, 5) is 4.38. The number of fused-ring (bicyclic) bond motifs is 1.